The number of aliphatic hydroxyl groups excluding tert-OH is 3. The summed E-state index contributed by atoms with van der Waals surface area (Å²) in [6.45, 7) is 7.96. The van der Waals surface area contributed by atoms with Gasteiger partial charge in [-0.1, -0.05) is 17.9 Å². The third kappa shape index (κ3) is 23.1. The van der Waals surface area contributed by atoms with E-state index in [1.807, 2.05) is 6.92 Å². The van der Waals surface area contributed by atoms with E-state index in [1.54, 1.807) is 18.9 Å². The van der Waals surface area contributed by atoms with Crippen LogP contribution in [0.1, 0.15) is 27.2 Å². The molecule has 1 saturated heterocycles. The van der Waals surface area contributed by atoms with Crippen LogP contribution in [0.4, 0.5) is 0 Å². The summed E-state index contributed by atoms with van der Waals surface area (Å²) in [6, 6.07) is 0. The van der Waals surface area contributed by atoms with E-state index < -0.39 is 46.4 Å². The zero-order chi connectivity index (χ0) is 25.8. The summed E-state index contributed by atoms with van der Waals surface area (Å²) in [6.07, 6.45) is 8.16. The molecule has 3 unspecified atom stereocenters. The van der Waals surface area contributed by atoms with Gasteiger partial charge < -0.3 is 50.6 Å². The molecule has 1 rings (SSSR count). The van der Waals surface area contributed by atoms with Crippen LogP contribution >= 0.6 is 16.5 Å². The van der Waals surface area contributed by atoms with E-state index in [-0.39, 0.29) is 6.42 Å². The van der Waals surface area contributed by atoms with Gasteiger partial charge in [-0.05, 0) is 29.9 Å². The lowest BCUT2D eigenvalue weighted by atomic mass is 10.0. The lowest BCUT2D eigenvalue weighted by molar-refractivity contribution is -0.644. The third-order valence-corrected chi connectivity index (χ3v) is 2.89. The number of aliphatic hydroxyl groups is 5. The van der Waals surface area contributed by atoms with Crippen LogP contribution in [-0.2, 0) is 23.2 Å². The molecule has 16 heteroatoms. The lowest BCUT2D eigenvalue weighted by Gasteiger charge is -2.19. The van der Waals surface area contributed by atoms with Gasteiger partial charge in [0, 0.05) is 6.42 Å². The first-order chi connectivity index (χ1) is 14.0. The highest BCUT2D eigenvalue weighted by molar-refractivity contribution is 7.30. The second kappa shape index (κ2) is 20.5. The number of terminal acetylenes is 2. The molecular formula is C15H24O14P2-2. The Hall–Kier alpha value is -1.42. The maximum Gasteiger partial charge on any atom is 0.479 e. The maximum absolute atomic E-state index is 9.19. The van der Waals surface area contributed by atoms with E-state index in [2.05, 4.69) is 28.3 Å². The Labute approximate surface area is 180 Å². The van der Waals surface area contributed by atoms with E-state index in [0.717, 1.165) is 6.92 Å². The quantitative estimate of drug-likeness (QED) is 0.0630. The largest absolute Gasteiger partial charge is 0.674 e. The minimum Gasteiger partial charge on any atom is -0.674 e. The molecule has 31 heavy (non-hydrogen) atoms. The standard InChI is InChI=1S/C7H10O3.C5H8O3.C3H6.2HO4P/c1-3-7(2)5(8)4-6(9)10-7;1-3-5(2,8)4(6)7;1-3-2;2*1-4-5(2)3/h1,5-6,8-9H,4H2,2H3;1,4,6-8H,2H3;3H,1H2,2H3;2*1H/p-2/t5-,6?,7-;5-;;;/m00.../s1. The van der Waals surface area contributed by atoms with E-state index in [1.165, 1.54) is 0 Å². The van der Waals surface area contributed by atoms with Crippen molar-refractivity contribution in [1.29, 1.82) is 0 Å². The summed E-state index contributed by atoms with van der Waals surface area (Å²) in [5.74, 6) is 4.08. The molecule has 1 aliphatic heterocycles. The number of allylic oxidation sites excluding steroid dienone is 1. The molecule has 14 nitrogen and oxygen atoms in total. The molecule has 0 aliphatic carbocycles. The first-order valence-electron chi connectivity index (χ1n) is 7.58. The van der Waals surface area contributed by atoms with Crippen molar-refractivity contribution in [3.8, 4) is 24.7 Å². The van der Waals surface area contributed by atoms with Crippen LogP contribution in [-0.4, -0.2) is 55.4 Å². The molecule has 0 bridgehead atoms. The number of ether oxygens (including phenoxy) is 1. The maximum atomic E-state index is 9.19. The second-order valence-corrected chi connectivity index (χ2v) is 6.44. The molecule has 0 radical (unpaired) electrons. The van der Waals surface area contributed by atoms with Gasteiger partial charge in [-0.3, -0.25) is 0 Å². The zero-order valence-corrected chi connectivity index (χ0v) is 18.5. The summed E-state index contributed by atoms with van der Waals surface area (Å²) in [5.41, 5.74) is -2.82. The van der Waals surface area contributed by atoms with Crippen LogP contribution < -0.4 is 20.3 Å². The Bertz CT molecular complexity index is 583. The molecule has 0 aromatic rings. The number of rotatable bonds is 3. The minimum absolute atomic E-state index is 0.195. The van der Waals surface area contributed by atoms with Gasteiger partial charge in [0.15, 0.2) is 23.8 Å². The Morgan fingerprint density at radius 3 is 1.65 bits per heavy atom. The Kier molecular flexibility index (Phi) is 24.4. The third-order valence-electron chi connectivity index (χ3n) is 2.64. The first kappa shape index (κ1) is 36.9. The van der Waals surface area contributed by atoms with E-state index in [0.29, 0.717) is 0 Å². The highest BCUT2D eigenvalue weighted by atomic mass is 31.1. The lowest BCUT2D eigenvalue weighted by Crippen LogP contribution is -2.37. The molecule has 1 heterocycles. The molecular weight excluding hydrogens is 466 g/mol. The summed E-state index contributed by atoms with van der Waals surface area (Å²) < 4.78 is 27.5. The smallest absolute Gasteiger partial charge is 0.479 e. The van der Waals surface area contributed by atoms with Gasteiger partial charge in [0.2, 0.25) is 0 Å². The van der Waals surface area contributed by atoms with Gasteiger partial charge in [-0.15, -0.1) is 19.4 Å². The van der Waals surface area contributed by atoms with Crippen LogP contribution in [0.15, 0.2) is 12.7 Å². The molecule has 0 spiro atoms. The average molecular weight is 490 g/mol. The van der Waals surface area contributed by atoms with E-state index in [4.69, 9.17) is 61.0 Å². The van der Waals surface area contributed by atoms with Crippen LogP contribution in [0.25, 0.3) is 0 Å². The van der Waals surface area contributed by atoms with Gasteiger partial charge in [0.25, 0.3) is 0 Å². The van der Waals surface area contributed by atoms with E-state index in [9.17, 15) is 5.11 Å². The first-order valence-corrected chi connectivity index (χ1v) is 9.77. The van der Waals surface area contributed by atoms with Crippen molar-refractivity contribution in [3.63, 3.8) is 0 Å². The monoisotopic (exact) mass is 490 g/mol. The fraction of sp³-hybridized carbons (Fsp3) is 0.600. The summed E-state index contributed by atoms with van der Waals surface area (Å²) in [5, 5.41) is 60.3. The predicted octanol–water partition coefficient (Wildman–Crippen LogP) is -4.06. The van der Waals surface area contributed by atoms with Crippen molar-refractivity contribution in [2.45, 2.75) is 57.1 Å². The second-order valence-electron chi connectivity index (χ2n) is 5.25. The Morgan fingerprint density at radius 1 is 1.26 bits per heavy atom. The molecule has 180 valence electrons. The van der Waals surface area contributed by atoms with Crippen molar-refractivity contribution in [2.24, 2.45) is 0 Å². The van der Waals surface area contributed by atoms with Gasteiger partial charge in [-0.2, -0.15) is 0 Å². The number of hydrogen-bond acceptors (Lipinski definition) is 14. The summed E-state index contributed by atoms with van der Waals surface area (Å²) in [4.78, 5) is 17.7. The van der Waals surface area contributed by atoms with Crippen molar-refractivity contribution >= 4 is 16.5 Å². The van der Waals surface area contributed by atoms with Crippen molar-refractivity contribution in [2.75, 3.05) is 0 Å². The summed E-state index contributed by atoms with van der Waals surface area (Å²) in [7, 11) is -6.31. The normalized spacial score (nSPS) is 23.7. The van der Waals surface area contributed by atoms with Gasteiger partial charge in [0.05, 0.1) is 6.10 Å². The van der Waals surface area contributed by atoms with Crippen LogP contribution in [0, 0.1) is 24.7 Å². The van der Waals surface area contributed by atoms with Crippen molar-refractivity contribution in [1.82, 2.24) is 0 Å². The molecule has 0 amide bonds. The number of hydrogen-bond donors (Lipinski definition) is 5. The fourth-order valence-electron chi connectivity index (χ4n) is 1.03. The topological polar surface area (TPSA) is 255 Å². The fourth-order valence-corrected chi connectivity index (χ4v) is 1.03. The van der Waals surface area contributed by atoms with Crippen molar-refractivity contribution in [3.05, 3.63) is 12.7 Å². The molecule has 1 fully saturated rings. The summed E-state index contributed by atoms with van der Waals surface area (Å²) >= 11 is 0. The van der Waals surface area contributed by atoms with Gasteiger partial charge >= 0.3 is 16.5 Å². The molecule has 0 aromatic heterocycles. The molecule has 0 saturated carbocycles. The van der Waals surface area contributed by atoms with Gasteiger partial charge in [0.1, 0.15) is 0 Å². The van der Waals surface area contributed by atoms with Crippen LogP contribution in [0.2, 0.25) is 0 Å². The van der Waals surface area contributed by atoms with Crippen molar-refractivity contribution < 1.29 is 69.0 Å². The zero-order valence-electron chi connectivity index (χ0n) is 16.7. The molecule has 0 aromatic carbocycles. The Balaban J connectivity index is -0.000000157. The molecule has 1 aliphatic rings. The average Bonchev–Trinajstić information content (AvgIpc) is 2.95. The predicted molar refractivity (Wildman–Crippen MR) is 95.9 cm³/mol. The Morgan fingerprint density at radius 2 is 1.58 bits per heavy atom. The molecule has 6 atom stereocenters. The van der Waals surface area contributed by atoms with E-state index >= 15 is 0 Å². The van der Waals surface area contributed by atoms with Crippen LogP contribution in [0.3, 0.4) is 0 Å². The van der Waals surface area contributed by atoms with Crippen LogP contribution in [0.5, 0.6) is 0 Å². The minimum atomic E-state index is -3.15. The van der Waals surface area contributed by atoms with Gasteiger partial charge in [-0.25, -0.2) is 9.35 Å². The SMILES string of the molecule is C#C[C@](C)(O)C(O)O.C#C[C@]1(C)OC(O)C[C@@H]1O.C=CC.O=[P+]([O-])O[O-].O=[P+]([O-])O[O-]. The highest BCUT2D eigenvalue weighted by Gasteiger charge is 2.42. The molecule has 5 N–H and O–H groups in total. The highest BCUT2D eigenvalue weighted by Crippen LogP contribution is 2.28.